The topological polar surface area (TPSA) is 23.5 Å². The Labute approximate surface area is 65.9 Å². The van der Waals surface area contributed by atoms with Gasteiger partial charge >= 0.3 is 0 Å². The predicted molar refractivity (Wildman–Crippen MR) is 47.6 cm³/mol. The zero-order valence-corrected chi connectivity index (χ0v) is 8.03. The van der Waals surface area contributed by atoms with Crippen LogP contribution < -0.4 is 0 Å². The van der Waals surface area contributed by atoms with Crippen molar-refractivity contribution >= 4 is 9.39 Å². The van der Waals surface area contributed by atoms with E-state index in [1.54, 1.807) is 0 Å². The molecule has 0 bridgehead atoms. The van der Waals surface area contributed by atoms with E-state index in [0.717, 1.165) is 19.4 Å². The molecule has 3 heteroatoms. The van der Waals surface area contributed by atoms with Gasteiger partial charge in [-0.25, -0.2) is 0 Å². The molecule has 0 spiro atoms. The van der Waals surface area contributed by atoms with Crippen molar-refractivity contribution in [3.05, 3.63) is 0 Å². The average Bonchev–Trinajstić information content (AvgIpc) is 1.98. The van der Waals surface area contributed by atoms with Crippen LogP contribution in [-0.4, -0.2) is 22.5 Å². The molecule has 0 fully saturated rings. The molecular weight excluding hydrogens is 145 g/mol. The summed E-state index contributed by atoms with van der Waals surface area (Å²) in [6, 6.07) is 0. The SMILES string of the molecule is CCCCN(P)[C@H](O)CC. The molecular formula is C7H18NOP. The number of rotatable bonds is 5. The Morgan fingerprint density at radius 2 is 2.10 bits per heavy atom. The van der Waals surface area contributed by atoms with Gasteiger partial charge in [0.15, 0.2) is 0 Å². The van der Waals surface area contributed by atoms with Crippen molar-refractivity contribution in [1.29, 1.82) is 0 Å². The molecule has 0 saturated carbocycles. The number of nitrogens with zero attached hydrogens (tertiary/aromatic N) is 1. The van der Waals surface area contributed by atoms with Crippen LogP contribution in [0.4, 0.5) is 0 Å². The standard InChI is InChI=1S/C7H18NOP/c1-3-5-6-8(10)7(9)4-2/h7,9H,3-6,10H2,1-2H3/t7-/m1/s1. The van der Waals surface area contributed by atoms with Gasteiger partial charge in [-0.1, -0.05) is 29.7 Å². The van der Waals surface area contributed by atoms with E-state index in [0.29, 0.717) is 0 Å². The summed E-state index contributed by atoms with van der Waals surface area (Å²) in [7, 11) is 2.55. The van der Waals surface area contributed by atoms with Crippen molar-refractivity contribution in [1.82, 2.24) is 4.67 Å². The van der Waals surface area contributed by atoms with Crippen LogP contribution in [0.1, 0.15) is 33.1 Å². The Hall–Kier alpha value is 0.350. The van der Waals surface area contributed by atoms with Gasteiger partial charge in [0.2, 0.25) is 0 Å². The summed E-state index contributed by atoms with van der Waals surface area (Å²) in [5.41, 5.74) is 0. The fourth-order valence-corrected chi connectivity index (χ4v) is 1.12. The Balaban J connectivity index is 3.31. The number of aliphatic hydroxyl groups is 1. The van der Waals surface area contributed by atoms with Crippen molar-refractivity contribution < 1.29 is 5.11 Å². The maximum atomic E-state index is 9.26. The second-order valence-corrected chi connectivity index (χ2v) is 3.14. The zero-order chi connectivity index (χ0) is 7.98. The molecule has 0 aromatic carbocycles. The fraction of sp³-hybridized carbons (Fsp3) is 1.00. The lowest BCUT2D eigenvalue weighted by atomic mass is 10.3. The van der Waals surface area contributed by atoms with Crippen molar-refractivity contribution in [3.63, 3.8) is 0 Å². The molecule has 10 heavy (non-hydrogen) atoms. The van der Waals surface area contributed by atoms with Crippen LogP contribution in [0.2, 0.25) is 0 Å². The largest absolute Gasteiger partial charge is 0.378 e. The highest BCUT2D eigenvalue weighted by Crippen LogP contribution is 2.08. The molecule has 62 valence electrons. The lowest BCUT2D eigenvalue weighted by Crippen LogP contribution is -2.26. The van der Waals surface area contributed by atoms with Crippen molar-refractivity contribution in [3.8, 4) is 0 Å². The van der Waals surface area contributed by atoms with E-state index in [9.17, 15) is 5.11 Å². The fourth-order valence-electron chi connectivity index (χ4n) is 0.724. The van der Waals surface area contributed by atoms with Crippen LogP contribution in [0.15, 0.2) is 0 Å². The highest BCUT2D eigenvalue weighted by molar-refractivity contribution is 7.13. The molecule has 0 amide bonds. The van der Waals surface area contributed by atoms with Crippen LogP contribution in [0.5, 0.6) is 0 Å². The molecule has 0 aromatic heterocycles. The summed E-state index contributed by atoms with van der Waals surface area (Å²) in [5.74, 6) is 0. The van der Waals surface area contributed by atoms with E-state index < -0.39 is 0 Å². The van der Waals surface area contributed by atoms with Gasteiger partial charge < -0.3 is 5.11 Å². The highest BCUT2D eigenvalue weighted by Gasteiger charge is 2.06. The van der Waals surface area contributed by atoms with Crippen molar-refractivity contribution in [2.24, 2.45) is 0 Å². The normalized spacial score (nSPS) is 14.1. The molecule has 0 aromatic rings. The first kappa shape index (κ1) is 10.3. The molecule has 0 aliphatic rings. The monoisotopic (exact) mass is 163 g/mol. The maximum Gasteiger partial charge on any atom is 0.109 e. The molecule has 0 aliphatic heterocycles. The van der Waals surface area contributed by atoms with E-state index in [-0.39, 0.29) is 6.23 Å². The number of hydrogen-bond acceptors (Lipinski definition) is 2. The molecule has 0 aliphatic carbocycles. The van der Waals surface area contributed by atoms with E-state index in [2.05, 4.69) is 16.3 Å². The van der Waals surface area contributed by atoms with Crippen LogP contribution >= 0.6 is 9.39 Å². The van der Waals surface area contributed by atoms with Gasteiger partial charge in [0, 0.05) is 6.54 Å². The first-order valence-electron chi connectivity index (χ1n) is 3.91. The molecule has 1 N–H and O–H groups in total. The van der Waals surface area contributed by atoms with Gasteiger partial charge in [-0.2, -0.15) is 0 Å². The average molecular weight is 163 g/mol. The quantitative estimate of drug-likeness (QED) is 0.491. The lowest BCUT2D eigenvalue weighted by Gasteiger charge is -2.20. The number of aliphatic hydroxyl groups excluding tert-OH is 1. The molecule has 2 nitrogen and oxygen atoms in total. The van der Waals surface area contributed by atoms with Crippen LogP contribution in [0.3, 0.4) is 0 Å². The Morgan fingerprint density at radius 1 is 1.50 bits per heavy atom. The maximum absolute atomic E-state index is 9.26. The first-order chi connectivity index (χ1) is 4.72. The van der Waals surface area contributed by atoms with Gasteiger partial charge in [0.1, 0.15) is 6.23 Å². The Morgan fingerprint density at radius 3 is 2.50 bits per heavy atom. The van der Waals surface area contributed by atoms with Gasteiger partial charge in [-0.05, 0) is 12.8 Å². The summed E-state index contributed by atoms with van der Waals surface area (Å²) >= 11 is 0. The minimum atomic E-state index is -0.281. The summed E-state index contributed by atoms with van der Waals surface area (Å²) in [4.78, 5) is 0. The first-order valence-corrected chi connectivity index (χ1v) is 4.43. The smallest absolute Gasteiger partial charge is 0.109 e. The van der Waals surface area contributed by atoms with Crippen LogP contribution in [0, 0.1) is 0 Å². The number of hydrogen-bond donors (Lipinski definition) is 1. The Bertz CT molecular complexity index is 80.0. The minimum absolute atomic E-state index is 0.281. The third-order valence-corrected chi connectivity index (χ3v) is 2.12. The van der Waals surface area contributed by atoms with E-state index in [4.69, 9.17) is 0 Å². The van der Waals surface area contributed by atoms with Gasteiger partial charge in [0.25, 0.3) is 0 Å². The third-order valence-electron chi connectivity index (χ3n) is 1.52. The lowest BCUT2D eigenvalue weighted by molar-refractivity contribution is 0.0657. The molecule has 1 unspecified atom stereocenters. The molecule has 0 rings (SSSR count). The van der Waals surface area contributed by atoms with Gasteiger partial charge in [0.05, 0.1) is 0 Å². The summed E-state index contributed by atoms with van der Waals surface area (Å²) in [5, 5.41) is 9.26. The summed E-state index contributed by atoms with van der Waals surface area (Å²) in [6.07, 6.45) is 2.85. The van der Waals surface area contributed by atoms with Gasteiger partial charge in [-0.15, -0.1) is 0 Å². The zero-order valence-electron chi connectivity index (χ0n) is 6.88. The van der Waals surface area contributed by atoms with Crippen molar-refractivity contribution in [2.75, 3.05) is 6.54 Å². The minimum Gasteiger partial charge on any atom is -0.378 e. The number of unbranched alkanes of at least 4 members (excludes halogenated alkanes) is 1. The van der Waals surface area contributed by atoms with Crippen LogP contribution in [0.25, 0.3) is 0 Å². The summed E-state index contributed by atoms with van der Waals surface area (Å²) in [6.45, 7) is 5.10. The molecule has 0 saturated heterocycles. The van der Waals surface area contributed by atoms with Crippen molar-refractivity contribution in [2.45, 2.75) is 39.3 Å². The second-order valence-electron chi connectivity index (χ2n) is 2.48. The van der Waals surface area contributed by atoms with E-state index >= 15 is 0 Å². The van der Waals surface area contributed by atoms with E-state index in [1.807, 2.05) is 11.6 Å². The highest BCUT2D eigenvalue weighted by atomic mass is 31.0. The molecule has 0 radical (unpaired) electrons. The molecule has 2 atom stereocenters. The van der Waals surface area contributed by atoms with Gasteiger partial charge in [-0.3, -0.25) is 4.67 Å². The third kappa shape index (κ3) is 4.21. The van der Waals surface area contributed by atoms with Crippen LogP contribution in [-0.2, 0) is 0 Å². The van der Waals surface area contributed by atoms with E-state index in [1.165, 1.54) is 6.42 Å². The second kappa shape index (κ2) is 6.09. The summed E-state index contributed by atoms with van der Waals surface area (Å²) < 4.78 is 1.91. The molecule has 0 heterocycles. The predicted octanol–water partition coefficient (Wildman–Crippen LogP) is 1.61. The Kier molecular flexibility index (Phi) is 6.30.